The van der Waals surface area contributed by atoms with Crippen LogP contribution in [-0.2, 0) is 4.79 Å². The van der Waals surface area contributed by atoms with Gasteiger partial charge in [-0.1, -0.05) is 12.1 Å². The minimum absolute atomic E-state index is 0.0130. The van der Waals surface area contributed by atoms with Gasteiger partial charge in [-0.15, -0.1) is 0 Å². The first-order valence-corrected chi connectivity index (χ1v) is 8.17. The molecule has 1 aromatic carbocycles. The van der Waals surface area contributed by atoms with Crippen molar-refractivity contribution in [3.8, 4) is 0 Å². The van der Waals surface area contributed by atoms with E-state index in [9.17, 15) is 9.59 Å². The lowest BCUT2D eigenvalue weighted by atomic mass is 10.0. The molecule has 1 aliphatic heterocycles. The van der Waals surface area contributed by atoms with Gasteiger partial charge in [0, 0.05) is 48.5 Å². The predicted molar refractivity (Wildman–Crippen MR) is 93.9 cm³/mol. The fourth-order valence-electron chi connectivity index (χ4n) is 3.54. The SMILES string of the molecule is CN1C(=O)C[C@@H](NC(=O)c2cccc3[nH]ccc23)[C@@H]1c1cccnc1. The number of carbonyl (C=O) groups excluding carboxylic acids is 2. The van der Waals surface area contributed by atoms with Gasteiger partial charge in [0.05, 0.1) is 12.1 Å². The zero-order chi connectivity index (χ0) is 17.4. The second-order valence-corrected chi connectivity index (χ2v) is 6.26. The van der Waals surface area contributed by atoms with Gasteiger partial charge in [0.1, 0.15) is 0 Å². The van der Waals surface area contributed by atoms with Gasteiger partial charge in [-0.25, -0.2) is 0 Å². The van der Waals surface area contributed by atoms with E-state index in [0.717, 1.165) is 16.5 Å². The molecule has 0 saturated carbocycles. The van der Waals surface area contributed by atoms with Crippen molar-refractivity contribution in [2.24, 2.45) is 0 Å². The van der Waals surface area contributed by atoms with Gasteiger partial charge in [0.25, 0.3) is 5.91 Å². The number of hydrogen-bond donors (Lipinski definition) is 2. The number of fused-ring (bicyclic) bond motifs is 1. The summed E-state index contributed by atoms with van der Waals surface area (Å²) in [6.45, 7) is 0. The minimum atomic E-state index is -0.289. The summed E-state index contributed by atoms with van der Waals surface area (Å²) in [6.07, 6.45) is 5.53. The summed E-state index contributed by atoms with van der Waals surface area (Å²) < 4.78 is 0. The molecule has 0 unspecified atom stereocenters. The van der Waals surface area contributed by atoms with E-state index in [-0.39, 0.29) is 30.3 Å². The third kappa shape index (κ3) is 2.65. The standard InChI is InChI=1S/C19H18N4O2/c1-23-17(24)10-16(18(23)12-4-3-8-20-11-12)22-19(25)14-5-2-6-15-13(14)7-9-21-15/h2-9,11,16,18,21H,10H2,1H3,(H,22,25)/t16-,18+/m1/s1. The highest BCUT2D eigenvalue weighted by Gasteiger charge is 2.39. The van der Waals surface area contributed by atoms with Crippen molar-refractivity contribution in [1.29, 1.82) is 0 Å². The lowest BCUT2D eigenvalue weighted by Gasteiger charge is -2.25. The summed E-state index contributed by atoms with van der Waals surface area (Å²) in [6, 6.07) is 10.7. The maximum absolute atomic E-state index is 12.8. The van der Waals surface area contributed by atoms with Crippen molar-refractivity contribution in [3.63, 3.8) is 0 Å². The van der Waals surface area contributed by atoms with Gasteiger partial charge >= 0.3 is 0 Å². The number of pyridine rings is 1. The van der Waals surface area contributed by atoms with E-state index in [1.165, 1.54) is 0 Å². The Morgan fingerprint density at radius 2 is 2.16 bits per heavy atom. The van der Waals surface area contributed by atoms with Crippen LogP contribution >= 0.6 is 0 Å². The Balaban J connectivity index is 1.63. The number of benzene rings is 1. The first-order valence-electron chi connectivity index (χ1n) is 8.17. The molecular formula is C19H18N4O2. The highest BCUT2D eigenvalue weighted by Crippen LogP contribution is 2.31. The molecule has 2 amide bonds. The lowest BCUT2D eigenvalue weighted by molar-refractivity contribution is -0.127. The Labute approximate surface area is 144 Å². The molecule has 1 fully saturated rings. The molecule has 2 N–H and O–H groups in total. The molecule has 25 heavy (non-hydrogen) atoms. The van der Waals surface area contributed by atoms with Crippen LogP contribution in [0.2, 0.25) is 0 Å². The van der Waals surface area contributed by atoms with Gasteiger partial charge in [0.15, 0.2) is 0 Å². The normalized spacial score (nSPS) is 20.2. The number of likely N-dealkylation sites (N-methyl/N-ethyl adjacent to an activating group) is 1. The van der Waals surface area contributed by atoms with Crippen LogP contribution in [-0.4, -0.2) is 39.8 Å². The number of aromatic nitrogens is 2. The van der Waals surface area contributed by atoms with E-state index in [1.807, 2.05) is 36.5 Å². The van der Waals surface area contributed by atoms with Crippen LogP contribution in [0.15, 0.2) is 55.0 Å². The summed E-state index contributed by atoms with van der Waals surface area (Å²) in [7, 11) is 1.76. The Morgan fingerprint density at radius 1 is 1.28 bits per heavy atom. The number of likely N-dealkylation sites (tertiary alicyclic amines) is 1. The molecule has 0 radical (unpaired) electrons. The van der Waals surface area contributed by atoms with E-state index >= 15 is 0 Å². The summed E-state index contributed by atoms with van der Waals surface area (Å²) in [5.41, 5.74) is 2.43. The van der Waals surface area contributed by atoms with Crippen LogP contribution in [0.5, 0.6) is 0 Å². The zero-order valence-electron chi connectivity index (χ0n) is 13.8. The van der Waals surface area contributed by atoms with E-state index in [4.69, 9.17) is 0 Å². The molecule has 6 heteroatoms. The van der Waals surface area contributed by atoms with Crippen LogP contribution in [0, 0.1) is 0 Å². The number of nitrogens with zero attached hydrogens (tertiary/aromatic N) is 2. The second kappa shape index (κ2) is 6.05. The fourth-order valence-corrected chi connectivity index (χ4v) is 3.54. The molecule has 1 aliphatic rings. The number of aromatic amines is 1. The fraction of sp³-hybridized carbons (Fsp3) is 0.211. The maximum Gasteiger partial charge on any atom is 0.252 e. The summed E-state index contributed by atoms with van der Waals surface area (Å²) in [5, 5.41) is 3.91. The number of H-pyrrole nitrogens is 1. The molecule has 4 rings (SSSR count). The van der Waals surface area contributed by atoms with Crippen LogP contribution in [0.1, 0.15) is 28.4 Å². The molecule has 6 nitrogen and oxygen atoms in total. The molecule has 1 saturated heterocycles. The second-order valence-electron chi connectivity index (χ2n) is 6.26. The van der Waals surface area contributed by atoms with E-state index in [1.54, 1.807) is 30.4 Å². The number of carbonyl (C=O) groups is 2. The number of hydrogen-bond acceptors (Lipinski definition) is 3. The zero-order valence-corrected chi connectivity index (χ0v) is 13.8. The molecule has 2 aromatic heterocycles. The average Bonchev–Trinajstić information content (AvgIpc) is 3.20. The van der Waals surface area contributed by atoms with Crippen LogP contribution in [0.4, 0.5) is 0 Å². The van der Waals surface area contributed by atoms with E-state index in [2.05, 4.69) is 15.3 Å². The van der Waals surface area contributed by atoms with Gasteiger partial charge < -0.3 is 15.2 Å². The largest absolute Gasteiger partial charge is 0.361 e. The lowest BCUT2D eigenvalue weighted by Crippen LogP contribution is -2.39. The third-order valence-corrected chi connectivity index (χ3v) is 4.77. The highest BCUT2D eigenvalue weighted by atomic mass is 16.2. The van der Waals surface area contributed by atoms with Crippen LogP contribution in [0.25, 0.3) is 10.9 Å². The molecule has 3 heterocycles. The van der Waals surface area contributed by atoms with Crippen molar-refractivity contribution >= 4 is 22.7 Å². The van der Waals surface area contributed by atoms with Gasteiger partial charge in [-0.3, -0.25) is 14.6 Å². The van der Waals surface area contributed by atoms with Crippen molar-refractivity contribution in [3.05, 3.63) is 66.1 Å². The van der Waals surface area contributed by atoms with Gasteiger partial charge in [-0.2, -0.15) is 0 Å². The topological polar surface area (TPSA) is 78.1 Å². The molecule has 126 valence electrons. The molecular weight excluding hydrogens is 316 g/mol. The highest BCUT2D eigenvalue weighted by molar-refractivity contribution is 6.06. The van der Waals surface area contributed by atoms with Crippen molar-refractivity contribution < 1.29 is 9.59 Å². The smallest absolute Gasteiger partial charge is 0.252 e. The van der Waals surface area contributed by atoms with Crippen LogP contribution in [0.3, 0.4) is 0 Å². The summed E-state index contributed by atoms with van der Waals surface area (Å²) >= 11 is 0. The van der Waals surface area contributed by atoms with Crippen molar-refractivity contribution in [2.45, 2.75) is 18.5 Å². The van der Waals surface area contributed by atoms with Gasteiger partial charge in [-0.05, 0) is 29.8 Å². The Kier molecular flexibility index (Phi) is 3.72. The number of nitrogens with one attached hydrogen (secondary N) is 2. The maximum atomic E-state index is 12.8. The average molecular weight is 334 g/mol. The van der Waals surface area contributed by atoms with Crippen LogP contribution < -0.4 is 5.32 Å². The Bertz CT molecular complexity index is 935. The van der Waals surface area contributed by atoms with E-state index < -0.39 is 0 Å². The minimum Gasteiger partial charge on any atom is -0.361 e. The van der Waals surface area contributed by atoms with E-state index in [0.29, 0.717) is 5.56 Å². The first-order chi connectivity index (χ1) is 12.1. The first kappa shape index (κ1) is 15.4. The number of rotatable bonds is 3. The summed E-state index contributed by atoms with van der Waals surface area (Å²) in [5.74, 6) is -0.161. The van der Waals surface area contributed by atoms with Crippen molar-refractivity contribution in [1.82, 2.24) is 20.2 Å². The number of amides is 2. The monoisotopic (exact) mass is 334 g/mol. The molecule has 0 bridgehead atoms. The predicted octanol–water partition coefficient (Wildman–Crippen LogP) is 2.26. The molecule has 3 aromatic rings. The third-order valence-electron chi connectivity index (χ3n) is 4.77. The summed E-state index contributed by atoms with van der Waals surface area (Å²) in [4.78, 5) is 34.0. The molecule has 0 aliphatic carbocycles. The molecule has 0 spiro atoms. The van der Waals surface area contributed by atoms with Crippen molar-refractivity contribution in [2.75, 3.05) is 7.05 Å². The van der Waals surface area contributed by atoms with Gasteiger partial charge in [0.2, 0.25) is 5.91 Å². The Hall–Kier alpha value is -3.15. The Morgan fingerprint density at radius 3 is 2.96 bits per heavy atom. The quantitative estimate of drug-likeness (QED) is 0.771. The molecule has 2 atom stereocenters.